The normalized spacial score (nSPS) is 16.4. The van der Waals surface area contributed by atoms with Crippen LogP contribution in [0.25, 0.3) is 0 Å². The molecule has 6 nitrogen and oxygen atoms in total. The third-order valence-corrected chi connectivity index (χ3v) is 5.09. The monoisotopic (exact) mass is 405 g/mol. The molecular weight excluding hydrogens is 381 g/mol. The van der Waals surface area contributed by atoms with E-state index in [1.165, 1.54) is 18.9 Å². The second kappa shape index (κ2) is 8.90. The van der Waals surface area contributed by atoms with Crippen LogP contribution in [0, 0.1) is 5.82 Å². The molecule has 1 aromatic carbocycles. The van der Waals surface area contributed by atoms with E-state index < -0.39 is 0 Å². The van der Waals surface area contributed by atoms with E-state index in [1.807, 2.05) is 19.1 Å². The van der Waals surface area contributed by atoms with Crippen molar-refractivity contribution in [3.05, 3.63) is 83.8 Å². The topological polar surface area (TPSA) is 78.4 Å². The van der Waals surface area contributed by atoms with Gasteiger partial charge in [-0.3, -0.25) is 9.78 Å². The van der Waals surface area contributed by atoms with Crippen LogP contribution in [-0.4, -0.2) is 16.7 Å². The zero-order chi connectivity index (χ0) is 20.9. The molecule has 154 valence electrons. The van der Waals surface area contributed by atoms with Gasteiger partial charge >= 0.3 is 0 Å². The Kier molecular flexibility index (Phi) is 5.88. The zero-order valence-electron chi connectivity index (χ0n) is 16.7. The highest BCUT2D eigenvalue weighted by Crippen LogP contribution is 2.38. The number of amides is 1. The first kappa shape index (κ1) is 19.8. The number of carbonyl (C=O) groups excluding carboxylic acids is 1. The summed E-state index contributed by atoms with van der Waals surface area (Å²) in [6, 6.07) is 7.96. The van der Waals surface area contributed by atoms with Gasteiger partial charge in [0.1, 0.15) is 11.7 Å². The van der Waals surface area contributed by atoms with Gasteiger partial charge in [0.05, 0.1) is 11.6 Å². The summed E-state index contributed by atoms with van der Waals surface area (Å²) in [5.74, 6) is 0.798. The predicted octanol–water partition coefficient (Wildman–Crippen LogP) is 4.38. The van der Waals surface area contributed by atoms with Crippen molar-refractivity contribution < 1.29 is 9.18 Å². The standard InChI is InChI=1S/C23H24FN5O/c1-15(25-11-12-27-22-3-2-10-26-22)19-13-18(7-8-20(19)24)29-23(30)17-6-9-21(28-14-17)16-4-5-16/h2,6-16,25H,3-5H2,1H3,(H,26,27)(H,29,30). The highest BCUT2D eigenvalue weighted by atomic mass is 19.1. The summed E-state index contributed by atoms with van der Waals surface area (Å²) in [7, 11) is 0. The van der Waals surface area contributed by atoms with E-state index in [9.17, 15) is 9.18 Å². The lowest BCUT2D eigenvalue weighted by Gasteiger charge is -2.15. The first-order chi connectivity index (χ1) is 14.6. The van der Waals surface area contributed by atoms with Crippen LogP contribution in [0.5, 0.6) is 0 Å². The van der Waals surface area contributed by atoms with Crippen LogP contribution in [0.3, 0.4) is 0 Å². The molecule has 1 saturated carbocycles. The number of hydrogen-bond acceptors (Lipinski definition) is 5. The number of halogens is 1. The van der Waals surface area contributed by atoms with Gasteiger partial charge in [0.25, 0.3) is 5.91 Å². The maximum atomic E-state index is 14.3. The molecule has 2 heterocycles. The molecule has 2 aromatic rings. The van der Waals surface area contributed by atoms with Gasteiger partial charge in [-0.15, -0.1) is 0 Å². The van der Waals surface area contributed by atoms with Gasteiger partial charge in [-0.2, -0.15) is 0 Å². The Hall–Kier alpha value is -3.48. The molecule has 0 spiro atoms. The highest BCUT2D eigenvalue weighted by Gasteiger charge is 2.24. The molecule has 7 heteroatoms. The number of aliphatic imine (C=N–C) groups is 1. The molecular formula is C23H24FN5O. The Balaban J connectivity index is 1.36. The molecule has 30 heavy (non-hydrogen) atoms. The summed E-state index contributed by atoms with van der Waals surface area (Å²) in [6.45, 7) is 1.85. The minimum Gasteiger partial charge on any atom is -0.383 e. The third-order valence-electron chi connectivity index (χ3n) is 5.09. The third kappa shape index (κ3) is 4.92. The van der Waals surface area contributed by atoms with E-state index in [0.29, 0.717) is 22.7 Å². The van der Waals surface area contributed by atoms with Crippen molar-refractivity contribution in [1.82, 2.24) is 15.6 Å². The lowest BCUT2D eigenvalue weighted by Crippen LogP contribution is -2.18. The van der Waals surface area contributed by atoms with Crippen molar-refractivity contribution in [3.63, 3.8) is 0 Å². The van der Waals surface area contributed by atoms with Crippen molar-refractivity contribution in [2.24, 2.45) is 4.99 Å². The van der Waals surface area contributed by atoms with Crippen LogP contribution in [0.15, 0.2) is 66.2 Å². The summed E-state index contributed by atoms with van der Waals surface area (Å²) in [4.78, 5) is 21.0. The average Bonchev–Trinajstić information content (AvgIpc) is 3.48. The van der Waals surface area contributed by atoms with E-state index in [-0.39, 0.29) is 17.8 Å². The molecule has 1 atom stereocenters. The van der Waals surface area contributed by atoms with E-state index in [0.717, 1.165) is 18.0 Å². The molecule has 1 aromatic heterocycles. The lowest BCUT2D eigenvalue weighted by atomic mass is 10.1. The van der Waals surface area contributed by atoms with Crippen LogP contribution in [-0.2, 0) is 0 Å². The first-order valence-corrected chi connectivity index (χ1v) is 10.1. The molecule has 1 aliphatic heterocycles. The fraction of sp³-hybridized carbons (Fsp3) is 0.261. The number of anilines is 1. The number of nitrogens with zero attached hydrogens (tertiary/aromatic N) is 2. The maximum Gasteiger partial charge on any atom is 0.257 e. The lowest BCUT2D eigenvalue weighted by molar-refractivity contribution is 0.102. The Labute approximate surface area is 175 Å². The van der Waals surface area contributed by atoms with Gasteiger partial charge in [-0.25, -0.2) is 9.38 Å². The molecule has 2 aliphatic rings. The van der Waals surface area contributed by atoms with Crippen molar-refractivity contribution >= 4 is 17.4 Å². The number of rotatable bonds is 7. The molecule has 1 unspecified atom stereocenters. The number of benzene rings is 1. The molecule has 4 rings (SSSR count). The molecule has 0 radical (unpaired) electrons. The quantitative estimate of drug-likeness (QED) is 0.639. The van der Waals surface area contributed by atoms with E-state index in [4.69, 9.17) is 0 Å². The Morgan fingerprint density at radius 2 is 2.10 bits per heavy atom. The second-order valence-electron chi connectivity index (χ2n) is 7.47. The number of nitrogens with one attached hydrogen (secondary N) is 3. The molecule has 1 amide bonds. The summed E-state index contributed by atoms with van der Waals surface area (Å²) < 4.78 is 14.3. The highest BCUT2D eigenvalue weighted by molar-refractivity contribution is 6.04. The minimum atomic E-state index is -0.339. The maximum absolute atomic E-state index is 14.3. The van der Waals surface area contributed by atoms with Gasteiger partial charge < -0.3 is 16.0 Å². The smallest absolute Gasteiger partial charge is 0.257 e. The summed E-state index contributed by atoms with van der Waals surface area (Å²) in [5, 5.41) is 9.00. The summed E-state index contributed by atoms with van der Waals surface area (Å²) >= 11 is 0. The fourth-order valence-corrected chi connectivity index (χ4v) is 3.19. The van der Waals surface area contributed by atoms with Crippen molar-refractivity contribution in [3.8, 4) is 0 Å². The SMILES string of the molecule is CC(NC=CNC1=NC=CC1)c1cc(NC(=O)c2ccc(C3CC3)nc2)ccc1F. The van der Waals surface area contributed by atoms with Crippen molar-refractivity contribution in [2.45, 2.75) is 38.1 Å². The summed E-state index contributed by atoms with van der Waals surface area (Å²) in [5.41, 5.74) is 2.51. The Bertz CT molecular complexity index is 1010. The van der Waals surface area contributed by atoms with Crippen LogP contribution >= 0.6 is 0 Å². The number of amidine groups is 1. The van der Waals surface area contributed by atoms with Gasteiger partial charge in [0, 0.05) is 54.1 Å². The number of carbonyl (C=O) groups is 1. The van der Waals surface area contributed by atoms with Crippen molar-refractivity contribution in [1.29, 1.82) is 0 Å². The minimum absolute atomic E-state index is 0.266. The van der Waals surface area contributed by atoms with Gasteiger partial charge in [-0.1, -0.05) is 6.08 Å². The van der Waals surface area contributed by atoms with E-state index >= 15 is 0 Å². The average molecular weight is 405 g/mol. The van der Waals surface area contributed by atoms with Crippen LogP contribution < -0.4 is 16.0 Å². The summed E-state index contributed by atoms with van der Waals surface area (Å²) in [6.07, 6.45) is 11.8. The zero-order valence-corrected chi connectivity index (χ0v) is 16.7. The predicted molar refractivity (Wildman–Crippen MR) is 116 cm³/mol. The second-order valence-corrected chi connectivity index (χ2v) is 7.47. The van der Waals surface area contributed by atoms with Crippen LogP contribution in [0.4, 0.5) is 10.1 Å². The first-order valence-electron chi connectivity index (χ1n) is 10.1. The molecule has 0 saturated heterocycles. The van der Waals surface area contributed by atoms with Gasteiger partial charge in [0.2, 0.25) is 0 Å². The van der Waals surface area contributed by atoms with Gasteiger partial charge in [-0.05, 0) is 50.1 Å². The number of hydrogen-bond donors (Lipinski definition) is 3. The van der Waals surface area contributed by atoms with E-state index in [2.05, 4.69) is 25.9 Å². The Morgan fingerprint density at radius 3 is 2.80 bits per heavy atom. The Morgan fingerprint density at radius 1 is 1.23 bits per heavy atom. The van der Waals surface area contributed by atoms with Crippen LogP contribution in [0.2, 0.25) is 0 Å². The largest absolute Gasteiger partial charge is 0.383 e. The van der Waals surface area contributed by atoms with Gasteiger partial charge in [0.15, 0.2) is 0 Å². The molecule has 1 fully saturated rings. The molecule has 3 N–H and O–H groups in total. The number of aromatic nitrogens is 1. The molecule has 0 bridgehead atoms. The van der Waals surface area contributed by atoms with Crippen LogP contribution in [0.1, 0.15) is 59.8 Å². The fourth-order valence-electron chi connectivity index (χ4n) is 3.19. The van der Waals surface area contributed by atoms with E-state index in [1.54, 1.807) is 43.0 Å². The number of pyridine rings is 1. The van der Waals surface area contributed by atoms with Crippen molar-refractivity contribution in [2.75, 3.05) is 5.32 Å². The molecule has 1 aliphatic carbocycles.